The van der Waals surface area contributed by atoms with E-state index in [1.807, 2.05) is 12.1 Å². The Morgan fingerprint density at radius 3 is 2.78 bits per heavy atom. The Labute approximate surface area is 141 Å². The van der Waals surface area contributed by atoms with Gasteiger partial charge in [0.25, 0.3) is 5.22 Å². The summed E-state index contributed by atoms with van der Waals surface area (Å²) in [5.74, 6) is 2.01. The molecule has 2 heterocycles. The first kappa shape index (κ1) is 16.2. The summed E-state index contributed by atoms with van der Waals surface area (Å²) in [5.41, 5.74) is 1.20. The molecule has 2 aromatic rings. The van der Waals surface area contributed by atoms with Gasteiger partial charge in [0.05, 0.1) is 19.0 Å². The van der Waals surface area contributed by atoms with E-state index in [0.717, 1.165) is 55.9 Å². The molecule has 3 rings (SSSR count). The highest BCUT2D eigenvalue weighted by molar-refractivity contribution is 7.99. The number of anilines is 1. The minimum Gasteiger partial charge on any atom is -0.495 e. The van der Waals surface area contributed by atoms with Gasteiger partial charge in [0.15, 0.2) is 0 Å². The maximum atomic E-state index is 5.47. The van der Waals surface area contributed by atoms with Gasteiger partial charge in [-0.25, -0.2) is 4.98 Å². The van der Waals surface area contributed by atoms with Crippen LogP contribution >= 0.6 is 11.8 Å². The van der Waals surface area contributed by atoms with Crippen LogP contribution in [0.5, 0.6) is 5.75 Å². The number of hydrogen-bond acceptors (Lipinski definition) is 6. The van der Waals surface area contributed by atoms with Gasteiger partial charge in [-0.15, -0.1) is 0 Å². The Hall–Kier alpha value is -1.66. The fourth-order valence-corrected chi connectivity index (χ4v) is 3.54. The third-order valence-corrected chi connectivity index (χ3v) is 4.99. The lowest BCUT2D eigenvalue weighted by Crippen LogP contribution is -2.46. The Bertz CT molecular complexity index is 583. The molecule has 1 saturated heterocycles. The Kier molecular flexibility index (Phi) is 5.82. The van der Waals surface area contributed by atoms with E-state index in [4.69, 9.17) is 9.15 Å². The molecule has 1 fully saturated rings. The molecule has 0 saturated carbocycles. The largest absolute Gasteiger partial charge is 0.495 e. The molecular weight excluding hydrogens is 310 g/mol. The highest BCUT2D eigenvalue weighted by Gasteiger charge is 2.19. The SMILES string of the molecule is COc1ccccc1N1CCN(CCCSc2ncco2)CC1. The van der Waals surface area contributed by atoms with Crippen molar-refractivity contribution < 1.29 is 9.15 Å². The number of piperazine rings is 1. The van der Waals surface area contributed by atoms with Crippen molar-refractivity contribution in [3.63, 3.8) is 0 Å². The maximum absolute atomic E-state index is 5.47. The van der Waals surface area contributed by atoms with Crippen molar-refractivity contribution in [1.29, 1.82) is 0 Å². The number of benzene rings is 1. The summed E-state index contributed by atoms with van der Waals surface area (Å²) in [4.78, 5) is 9.07. The number of methoxy groups -OCH3 is 1. The van der Waals surface area contributed by atoms with Crippen molar-refractivity contribution in [3.05, 3.63) is 36.7 Å². The second-order valence-corrected chi connectivity index (χ2v) is 6.55. The van der Waals surface area contributed by atoms with Crippen LogP contribution in [0.4, 0.5) is 5.69 Å². The molecule has 0 radical (unpaired) electrons. The van der Waals surface area contributed by atoms with Crippen molar-refractivity contribution in [1.82, 2.24) is 9.88 Å². The summed E-state index contributed by atoms with van der Waals surface area (Å²) in [6.45, 7) is 5.43. The molecule has 0 unspecified atom stereocenters. The van der Waals surface area contributed by atoms with Crippen LogP contribution < -0.4 is 9.64 Å². The first-order chi connectivity index (χ1) is 11.4. The summed E-state index contributed by atoms with van der Waals surface area (Å²) < 4.78 is 10.7. The van der Waals surface area contributed by atoms with Crippen molar-refractivity contribution in [3.8, 4) is 5.75 Å². The number of rotatable bonds is 7. The lowest BCUT2D eigenvalue weighted by Gasteiger charge is -2.36. The van der Waals surface area contributed by atoms with Gasteiger partial charge in [-0.05, 0) is 25.1 Å². The number of thioether (sulfide) groups is 1. The van der Waals surface area contributed by atoms with Gasteiger partial charge in [-0.3, -0.25) is 4.90 Å². The van der Waals surface area contributed by atoms with Crippen LogP contribution in [-0.2, 0) is 0 Å². The van der Waals surface area contributed by atoms with E-state index in [2.05, 4.69) is 26.9 Å². The van der Waals surface area contributed by atoms with Crippen molar-refractivity contribution >= 4 is 17.4 Å². The highest BCUT2D eigenvalue weighted by Crippen LogP contribution is 2.28. The van der Waals surface area contributed by atoms with Crippen LogP contribution in [0.1, 0.15) is 6.42 Å². The molecule has 6 heteroatoms. The molecule has 0 aliphatic carbocycles. The van der Waals surface area contributed by atoms with Gasteiger partial charge < -0.3 is 14.1 Å². The van der Waals surface area contributed by atoms with Gasteiger partial charge in [-0.2, -0.15) is 0 Å². The second kappa shape index (κ2) is 8.26. The molecule has 0 atom stereocenters. The third kappa shape index (κ3) is 4.42. The van der Waals surface area contributed by atoms with Crippen LogP contribution in [0.15, 0.2) is 46.4 Å². The minimum absolute atomic E-state index is 0.769. The molecule has 1 aliphatic rings. The number of aromatic nitrogens is 1. The molecule has 124 valence electrons. The van der Waals surface area contributed by atoms with Crippen LogP contribution in [0, 0.1) is 0 Å². The van der Waals surface area contributed by atoms with E-state index in [0.29, 0.717) is 0 Å². The van der Waals surface area contributed by atoms with E-state index in [1.165, 1.54) is 5.69 Å². The minimum atomic E-state index is 0.769. The second-order valence-electron chi connectivity index (χ2n) is 5.50. The maximum Gasteiger partial charge on any atom is 0.255 e. The summed E-state index contributed by atoms with van der Waals surface area (Å²) in [5, 5.41) is 0.769. The van der Waals surface area contributed by atoms with E-state index in [-0.39, 0.29) is 0 Å². The Balaban J connectivity index is 1.40. The zero-order chi connectivity index (χ0) is 15.9. The van der Waals surface area contributed by atoms with Gasteiger partial charge in [-0.1, -0.05) is 23.9 Å². The molecule has 0 amide bonds. The number of ether oxygens (including phenoxy) is 1. The van der Waals surface area contributed by atoms with Gasteiger partial charge in [0, 0.05) is 31.9 Å². The third-order valence-electron chi connectivity index (χ3n) is 4.05. The lowest BCUT2D eigenvalue weighted by atomic mass is 10.2. The van der Waals surface area contributed by atoms with E-state index >= 15 is 0 Å². The number of oxazole rings is 1. The monoisotopic (exact) mass is 333 g/mol. The van der Waals surface area contributed by atoms with E-state index in [1.54, 1.807) is 31.3 Å². The molecule has 0 spiro atoms. The lowest BCUT2D eigenvalue weighted by molar-refractivity contribution is 0.258. The van der Waals surface area contributed by atoms with Gasteiger partial charge in [0.2, 0.25) is 0 Å². The molecule has 1 aromatic heterocycles. The molecule has 1 aliphatic heterocycles. The molecular formula is C17H23N3O2S. The summed E-state index contributed by atoms with van der Waals surface area (Å²) in [6, 6.07) is 8.26. The standard InChI is InChI=1S/C17H23N3O2S/c1-21-16-6-3-2-5-15(16)20-11-9-19(10-12-20)8-4-14-23-17-18-7-13-22-17/h2-3,5-7,13H,4,8-12,14H2,1H3. The average Bonchev–Trinajstić information content (AvgIpc) is 3.13. The Morgan fingerprint density at radius 2 is 2.04 bits per heavy atom. The zero-order valence-corrected chi connectivity index (χ0v) is 14.3. The van der Waals surface area contributed by atoms with E-state index in [9.17, 15) is 0 Å². The summed E-state index contributed by atoms with van der Waals surface area (Å²) in [7, 11) is 1.74. The zero-order valence-electron chi connectivity index (χ0n) is 13.5. The van der Waals surface area contributed by atoms with Crippen LogP contribution in [0.25, 0.3) is 0 Å². The number of para-hydroxylation sites is 2. The number of nitrogens with zero attached hydrogens (tertiary/aromatic N) is 3. The number of hydrogen-bond donors (Lipinski definition) is 0. The quantitative estimate of drug-likeness (QED) is 0.573. The van der Waals surface area contributed by atoms with Gasteiger partial charge >= 0.3 is 0 Å². The Morgan fingerprint density at radius 1 is 1.22 bits per heavy atom. The summed E-state index contributed by atoms with van der Waals surface area (Å²) in [6.07, 6.45) is 4.47. The predicted octanol–water partition coefficient (Wildman–Crippen LogP) is 2.99. The molecule has 5 nitrogen and oxygen atoms in total. The fraction of sp³-hybridized carbons (Fsp3) is 0.471. The topological polar surface area (TPSA) is 41.7 Å². The van der Waals surface area contributed by atoms with Crippen LogP contribution in [0.3, 0.4) is 0 Å². The predicted molar refractivity (Wildman–Crippen MR) is 93.5 cm³/mol. The first-order valence-corrected chi connectivity index (χ1v) is 8.98. The molecule has 1 aromatic carbocycles. The van der Waals surface area contributed by atoms with E-state index < -0.39 is 0 Å². The first-order valence-electron chi connectivity index (χ1n) is 7.99. The van der Waals surface area contributed by atoms with Crippen LogP contribution in [-0.4, -0.2) is 55.5 Å². The average molecular weight is 333 g/mol. The molecule has 23 heavy (non-hydrogen) atoms. The normalized spacial score (nSPS) is 15.8. The van der Waals surface area contributed by atoms with Crippen molar-refractivity contribution in [2.45, 2.75) is 11.6 Å². The van der Waals surface area contributed by atoms with Crippen LogP contribution in [0.2, 0.25) is 0 Å². The molecule has 0 bridgehead atoms. The summed E-state index contributed by atoms with van der Waals surface area (Å²) >= 11 is 1.69. The van der Waals surface area contributed by atoms with Crippen molar-refractivity contribution in [2.75, 3.05) is 50.5 Å². The molecule has 0 N–H and O–H groups in total. The highest BCUT2D eigenvalue weighted by atomic mass is 32.2. The van der Waals surface area contributed by atoms with Gasteiger partial charge in [0.1, 0.15) is 12.0 Å². The van der Waals surface area contributed by atoms with Crippen molar-refractivity contribution in [2.24, 2.45) is 0 Å². The fourth-order valence-electron chi connectivity index (χ4n) is 2.83. The smallest absolute Gasteiger partial charge is 0.255 e.